The molecule has 1 aliphatic rings. The highest BCUT2D eigenvalue weighted by molar-refractivity contribution is 6.24. The number of rotatable bonds is 1. The molecule has 0 saturated carbocycles. The van der Waals surface area contributed by atoms with Crippen LogP contribution in [0, 0.1) is 0 Å². The van der Waals surface area contributed by atoms with Gasteiger partial charge in [-0.3, -0.25) is 4.79 Å². The molecule has 0 atom stereocenters. The second-order valence-corrected chi connectivity index (χ2v) is 5.08. The minimum Gasteiger partial charge on any atom is -0.494 e. The number of carbonyl (C=O) groups is 1. The Labute approximate surface area is 120 Å². The molecule has 102 valence electrons. The first-order valence-corrected chi connectivity index (χ1v) is 6.67. The summed E-state index contributed by atoms with van der Waals surface area (Å²) in [5.74, 6) is -0.214. The van der Waals surface area contributed by atoms with Crippen LogP contribution in [0.2, 0.25) is 0 Å². The molecule has 3 aromatic rings. The number of benzene rings is 2. The first-order valence-electron chi connectivity index (χ1n) is 6.67. The van der Waals surface area contributed by atoms with Crippen molar-refractivity contribution in [3.8, 4) is 5.88 Å². The lowest BCUT2D eigenvalue weighted by atomic mass is 10.0. The topological polar surface area (TPSA) is 54.6 Å². The number of aromatic nitrogens is 1. The number of hydrogen-bond donors (Lipinski definition) is 1. The zero-order chi connectivity index (χ0) is 14.6. The Morgan fingerprint density at radius 1 is 1.05 bits per heavy atom. The van der Waals surface area contributed by atoms with Crippen LogP contribution in [0.5, 0.6) is 5.88 Å². The Bertz CT molecular complexity index is 1030. The van der Waals surface area contributed by atoms with Crippen molar-refractivity contribution < 1.29 is 9.90 Å². The predicted octanol–water partition coefficient (Wildman–Crippen LogP) is 1.24. The van der Waals surface area contributed by atoms with E-state index in [1.807, 2.05) is 48.5 Å². The number of aryl methyl sites for hydroxylation is 1. The van der Waals surface area contributed by atoms with E-state index < -0.39 is 0 Å². The van der Waals surface area contributed by atoms with Gasteiger partial charge in [-0.25, -0.2) is 4.99 Å². The van der Waals surface area contributed by atoms with Crippen molar-refractivity contribution in [1.29, 1.82) is 0 Å². The molecular weight excluding hydrogens is 264 g/mol. The molecule has 0 fully saturated rings. The van der Waals surface area contributed by atoms with Crippen LogP contribution in [0.4, 0.5) is 0 Å². The number of amides is 1. The molecule has 0 aliphatic carbocycles. The fourth-order valence-electron chi connectivity index (χ4n) is 2.93. The first-order chi connectivity index (χ1) is 10.2. The summed E-state index contributed by atoms with van der Waals surface area (Å²) in [6.45, 7) is 0. The summed E-state index contributed by atoms with van der Waals surface area (Å²) >= 11 is 0. The van der Waals surface area contributed by atoms with Gasteiger partial charge in [0.2, 0.25) is 0 Å². The Morgan fingerprint density at radius 3 is 2.62 bits per heavy atom. The molecule has 4 rings (SSSR count). The quantitative estimate of drug-likeness (QED) is 0.727. The van der Waals surface area contributed by atoms with E-state index in [2.05, 4.69) is 4.99 Å². The Hall–Kier alpha value is -2.88. The average molecular weight is 276 g/mol. The molecule has 1 aliphatic heterocycles. The molecular formula is C17H12N2O2. The maximum atomic E-state index is 12.3. The van der Waals surface area contributed by atoms with Crippen molar-refractivity contribution in [2.24, 2.45) is 12.0 Å². The zero-order valence-electron chi connectivity index (χ0n) is 11.4. The summed E-state index contributed by atoms with van der Waals surface area (Å²) in [4.78, 5) is 16.4. The Kier molecular flexibility index (Phi) is 2.30. The summed E-state index contributed by atoms with van der Waals surface area (Å²) in [5, 5.41) is 12.8. The molecule has 4 nitrogen and oxygen atoms in total. The van der Waals surface area contributed by atoms with Crippen LogP contribution in [-0.2, 0) is 11.8 Å². The maximum absolute atomic E-state index is 12.3. The van der Waals surface area contributed by atoms with Crippen LogP contribution in [0.25, 0.3) is 16.5 Å². The SMILES string of the molecule is Cn1c(O)c(C2=c3ccccc3=NC2=O)c2ccccc21. The van der Waals surface area contributed by atoms with Crippen molar-refractivity contribution in [2.75, 3.05) is 0 Å². The van der Waals surface area contributed by atoms with Gasteiger partial charge in [0, 0.05) is 17.7 Å². The van der Waals surface area contributed by atoms with Crippen LogP contribution in [0.15, 0.2) is 53.5 Å². The highest BCUT2D eigenvalue weighted by atomic mass is 16.3. The van der Waals surface area contributed by atoms with Crippen molar-refractivity contribution in [3.05, 3.63) is 64.7 Å². The lowest BCUT2D eigenvalue weighted by molar-refractivity contribution is -0.112. The molecule has 0 spiro atoms. The van der Waals surface area contributed by atoms with Crippen molar-refractivity contribution in [1.82, 2.24) is 4.57 Å². The standard InChI is InChI=1S/C17H12N2O2/c1-19-13-9-5-3-7-11(13)15(17(19)21)14-10-6-2-4-8-12(10)18-16(14)20/h2-9,21H,1H3. The summed E-state index contributed by atoms with van der Waals surface area (Å²) in [6, 6.07) is 15.0. The molecule has 2 aromatic carbocycles. The van der Waals surface area contributed by atoms with E-state index in [9.17, 15) is 9.90 Å². The fourth-order valence-corrected chi connectivity index (χ4v) is 2.93. The maximum Gasteiger partial charge on any atom is 0.279 e. The smallest absolute Gasteiger partial charge is 0.279 e. The normalized spacial score (nSPS) is 13.6. The van der Waals surface area contributed by atoms with Crippen LogP contribution in [0.1, 0.15) is 5.56 Å². The van der Waals surface area contributed by atoms with Gasteiger partial charge in [-0.15, -0.1) is 0 Å². The molecule has 0 saturated heterocycles. The molecule has 1 N–H and O–H groups in total. The van der Waals surface area contributed by atoms with E-state index in [1.165, 1.54) is 0 Å². The number of aromatic hydroxyl groups is 1. The van der Waals surface area contributed by atoms with E-state index in [1.54, 1.807) is 11.6 Å². The summed E-state index contributed by atoms with van der Waals surface area (Å²) in [7, 11) is 1.78. The van der Waals surface area contributed by atoms with Gasteiger partial charge in [0.1, 0.15) is 0 Å². The number of carbonyl (C=O) groups excluding carboxylic acids is 1. The Balaban J connectivity index is 2.22. The van der Waals surface area contributed by atoms with Gasteiger partial charge in [0.05, 0.1) is 22.0 Å². The summed E-state index contributed by atoms with van der Waals surface area (Å²) in [6.07, 6.45) is 0. The number of hydrogen-bond acceptors (Lipinski definition) is 2. The second-order valence-electron chi connectivity index (χ2n) is 5.08. The van der Waals surface area contributed by atoms with E-state index in [0.717, 1.165) is 16.1 Å². The molecule has 0 unspecified atom stereocenters. The van der Waals surface area contributed by atoms with Gasteiger partial charge >= 0.3 is 0 Å². The van der Waals surface area contributed by atoms with Crippen LogP contribution in [0.3, 0.4) is 0 Å². The number of fused-ring (bicyclic) bond motifs is 2. The molecule has 0 radical (unpaired) electrons. The fraction of sp³-hybridized carbons (Fsp3) is 0.0588. The number of para-hydroxylation sites is 2. The van der Waals surface area contributed by atoms with E-state index in [0.29, 0.717) is 16.5 Å². The largest absolute Gasteiger partial charge is 0.494 e. The summed E-state index contributed by atoms with van der Waals surface area (Å²) < 4.78 is 1.69. The summed E-state index contributed by atoms with van der Waals surface area (Å²) in [5.41, 5.74) is 1.92. The second kappa shape index (κ2) is 4.06. The van der Waals surface area contributed by atoms with Crippen molar-refractivity contribution in [2.45, 2.75) is 0 Å². The van der Waals surface area contributed by atoms with Gasteiger partial charge in [-0.05, 0) is 12.1 Å². The zero-order valence-corrected chi connectivity index (χ0v) is 11.4. The third kappa shape index (κ3) is 1.50. The Morgan fingerprint density at radius 2 is 1.76 bits per heavy atom. The highest BCUT2D eigenvalue weighted by Crippen LogP contribution is 2.35. The lowest BCUT2D eigenvalue weighted by Crippen LogP contribution is -2.22. The first kappa shape index (κ1) is 11.9. The van der Waals surface area contributed by atoms with Gasteiger partial charge in [0.15, 0.2) is 5.88 Å². The third-order valence-electron chi connectivity index (χ3n) is 3.94. The minimum absolute atomic E-state index is 0.0893. The molecule has 0 bridgehead atoms. The van der Waals surface area contributed by atoms with Gasteiger partial charge in [0.25, 0.3) is 5.91 Å². The minimum atomic E-state index is -0.303. The molecule has 21 heavy (non-hydrogen) atoms. The third-order valence-corrected chi connectivity index (χ3v) is 3.94. The van der Waals surface area contributed by atoms with Crippen LogP contribution >= 0.6 is 0 Å². The molecule has 4 heteroatoms. The van der Waals surface area contributed by atoms with Gasteiger partial charge < -0.3 is 9.67 Å². The van der Waals surface area contributed by atoms with E-state index in [4.69, 9.17) is 0 Å². The number of nitrogens with zero attached hydrogens (tertiary/aromatic N) is 2. The van der Waals surface area contributed by atoms with E-state index in [-0.39, 0.29) is 11.8 Å². The molecule has 1 aromatic heterocycles. The lowest BCUT2D eigenvalue weighted by Gasteiger charge is -2.00. The van der Waals surface area contributed by atoms with E-state index >= 15 is 0 Å². The average Bonchev–Trinajstić information content (AvgIpc) is 2.95. The monoisotopic (exact) mass is 276 g/mol. The van der Waals surface area contributed by atoms with Crippen LogP contribution in [-0.4, -0.2) is 15.6 Å². The van der Waals surface area contributed by atoms with Crippen molar-refractivity contribution >= 4 is 22.4 Å². The predicted molar refractivity (Wildman–Crippen MR) is 79.3 cm³/mol. The molecule has 1 amide bonds. The van der Waals surface area contributed by atoms with Gasteiger partial charge in [-0.1, -0.05) is 36.4 Å². The molecule has 2 heterocycles. The highest BCUT2D eigenvalue weighted by Gasteiger charge is 2.25. The van der Waals surface area contributed by atoms with Gasteiger partial charge in [-0.2, -0.15) is 0 Å². The van der Waals surface area contributed by atoms with Crippen molar-refractivity contribution in [3.63, 3.8) is 0 Å². The van der Waals surface area contributed by atoms with Crippen LogP contribution < -0.4 is 10.6 Å².